The zero-order valence-corrected chi connectivity index (χ0v) is 11.3. The number of rotatable bonds is 1. The monoisotopic (exact) mass is 304 g/mol. The molecule has 0 amide bonds. The molecule has 1 aliphatic rings. The van der Waals surface area contributed by atoms with Gasteiger partial charge in [0.2, 0.25) is 0 Å². The molecule has 92 valence electrons. The molecule has 18 heavy (non-hydrogen) atoms. The highest BCUT2D eigenvalue weighted by Crippen LogP contribution is 2.40. The summed E-state index contributed by atoms with van der Waals surface area (Å²) in [5.74, 6) is 0.866. The van der Waals surface area contributed by atoms with E-state index in [1.165, 1.54) is 0 Å². The maximum absolute atomic E-state index is 6.22. The van der Waals surface area contributed by atoms with Gasteiger partial charge in [-0.1, -0.05) is 22.0 Å². The Morgan fingerprint density at radius 3 is 3.00 bits per heavy atom. The van der Waals surface area contributed by atoms with Gasteiger partial charge >= 0.3 is 0 Å². The maximum atomic E-state index is 6.22. The average molecular weight is 305 g/mol. The fourth-order valence-corrected chi connectivity index (χ4v) is 2.62. The van der Waals surface area contributed by atoms with Gasteiger partial charge in [-0.3, -0.25) is 4.98 Å². The number of benzene rings is 1. The Kier molecular flexibility index (Phi) is 3.06. The summed E-state index contributed by atoms with van der Waals surface area (Å²) in [6.45, 7) is 0. The summed E-state index contributed by atoms with van der Waals surface area (Å²) in [5, 5.41) is 0. The highest BCUT2D eigenvalue weighted by Gasteiger charge is 2.27. The summed E-state index contributed by atoms with van der Waals surface area (Å²) in [4.78, 5) is 4.13. The number of ether oxygens (including phenoxy) is 1. The standard InChI is InChI=1S/C14H13BrN2O/c15-10-3-4-13-11(6-10)12(16)7-14(18-13)9-2-1-5-17-8-9/h1-6,8,12,14H,7,16H2/t12-,14?/m1/s1. The highest BCUT2D eigenvalue weighted by molar-refractivity contribution is 9.10. The number of halogens is 1. The van der Waals surface area contributed by atoms with E-state index in [-0.39, 0.29) is 12.1 Å². The third-order valence-corrected chi connectivity index (χ3v) is 3.66. The number of hydrogen-bond acceptors (Lipinski definition) is 3. The molecule has 0 fully saturated rings. The third-order valence-electron chi connectivity index (χ3n) is 3.16. The third kappa shape index (κ3) is 2.13. The molecule has 0 radical (unpaired) electrons. The lowest BCUT2D eigenvalue weighted by Gasteiger charge is -2.30. The first-order valence-electron chi connectivity index (χ1n) is 5.85. The Hall–Kier alpha value is -1.39. The zero-order chi connectivity index (χ0) is 12.5. The number of fused-ring (bicyclic) bond motifs is 1. The van der Waals surface area contributed by atoms with E-state index < -0.39 is 0 Å². The molecule has 0 bridgehead atoms. The Morgan fingerprint density at radius 1 is 1.33 bits per heavy atom. The highest BCUT2D eigenvalue weighted by atomic mass is 79.9. The molecule has 0 aliphatic carbocycles. The van der Waals surface area contributed by atoms with Crippen molar-refractivity contribution in [3.63, 3.8) is 0 Å². The number of nitrogens with zero attached hydrogens (tertiary/aromatic N) is 1. The summed E-state index contributed by atoms with van der Waals surface area (Å²) in [5.41, 5.74) is 8.35. The molecular weight excluding hydrogens is 292 g/mol. The lowest BCUT2D eigenvalue weighted by atomic mass is 9.94. The van der Waals surface area contributed by atoms with Crippen LogP contribution in [0.5, 0.6) is 5.75 Å². The molecule has 0 saturated heterocycles. The van der Waals surface area contributed by atoms with Crippen molar-refractivity contribution >= 4 is 15.9 Å². The van der Waals surface area contributed by atoms with Crippen LogP contribution in [-0.2, 0) is 0 Å². The normalized spacial score (nSPS) is 22.1. The molecule has 1 aromatic heterocycles. The fourth-order valence-electron chi connectivity index (χ4n) is 2.25. The van der Waals surface area contributed by atoms with Crippen LogP contribution in [0.15, 0.2) is 47.2 Å². The summed E-state index contributed by atoms with van der Waals surface area (Å²) in [6.07, 6.45) is 4.36. The van der Waals surface area contributed by atoms with Crippen LogP contribution in [-0.4, -0.2) is 4.98 Å². The van der Waals surface area contributed by atoms with Gasteiger partial charge in [-0.25, -0.2) is 0 Å². The van der Waals surface area contributed by atoms with Crippen LogP contribution in [0.2, 0.25) is 0 Å². The first-order chi connectivity index (χ1) is 8.74. The van der Waals surface area contributed by atoms with Crippen LogP contribution in [0.25, 0.3) is 0 Å². The van der Waals surface area contributed by atoms with E-state index in [9.17, 15) is 0 Å². The molecular formula is C14H13BrN2O. The van der Waals surface area contributed by atoms with Gasteiger partial charge in [0.25, 0.3) is 0 Å². The van der Waals surface area contributed by atoms with Gasteiger partial charge in [0.05, 0.1) is 0 Å². The second-order valence-electron chi connectivity index (χ2n) is 4.42. The summed E-state index contributed by atoms with van der Waals surface area (Å²) in [7, 11) is 0. The molecule has 2 heterocycles. The van der Waals surface area contributed by atoms with E-state index in [0.29, 0.717) is 0 Å². The molecule has 3 rings (SSSR count). The van der Waals surface area contributed by atoms with Crippen molar-refractivity contribution in [2.45, 2.75) is 18.6 Å². The Bertz CT molecular complexity index is 559. The predicted octanol–water partition coefficient (Wildman–Crippen LogP) is 3.37. The number of aromatic nitrogens is 1. The zero-order valence-electron chi connectivity index (χ0n) is 9.71. The van der Waals surface area contributed by atoms with Crippen LogP contribution < -0.4 is 10.5 Å². The molecule has 2 aromatic rings. The molecule has 4 heteroatoms. The van der Waals surface area contributed by atoms with Gasteiger partial charge in [0, 0.05) is 40.5 Å². The van der Waals surface area contributed by atoms with Crippen LogP contribution in [0.4, 0.5) is 0 Å². The largest absolute Gasteiger partial charge is 0.485 e. The number of nitrogens with two attached hydrogens (primary N) is 1. The summed E-state index contributed by atoms with van der Waals surface area (Å²) >= 11 is 3.46. The Morgan fingerprint density at radius 2 is 2.22 bits per heavy atom. The van der Waals surface area contributed by atoms with E-state index >= 15 is 0 Å². The Labute approximate surface area is 114 Å². The van der Waals surface area contributed by atoms with Crippen LogP contribution in [0, 0.1) is 0 Å². The molecule has 2 atom stereocenters. The van der Waals surface area contributed by atoms with Crippen LogP contribution in [0.1, 0.15) is 29.7 Å². The van der Waals surface area contributed by atoms with Crippen molar-refractivity contribution in [1.82, 2.24) is 4.98 Å². The lowest BCUT2D eigenvalue weighted by Crippen LogP contribution is -2.24. The van der Waals surface area contributed by atoms with E-state index in [4.69, 9.17) is 10.5 Å². The van der Waals surface area contributed by atoms with Crippen molar-refractivity contribution in [3.05, 3.63) is 58.3 Å². The quantitative estimate of drug-likeness (QED) is 0.879. The van der Waals surface area contributed by atoms with Crippen molar-refractivity contribution < 1.29 is 4.74 Å². The second kappa shape index (κ2) is 4.71. The van der Waals surface area contributed by atoms with Crippen molar-refractivity contribution in [1.29, 1.82) is 0 Å². The van der Waals surface area contributed by atoms with E-state index in [2.05, 4.69) is 20.9 Å². The van der Waals surface area contributed by atoms with Gasteiger partial charge in [-0.2, -0.15) is 0 Å². The minimum Gasteiger partial charge on any atom is -0.485 e. The smallest absolute Gasteiger partial charge is 0.127 e. The number of pyridine rings is 1. The van der Waals surface area contributed by atoms with Crippen molar-refractivity contribution in [2.24, 2.45) is 5.73 Å². The summed E-state index contributed by atoms with van der Waals surface area (Å²) in [6, 6.07) is 9.89. The average Bonchev–Trinajstić information content (AvgIpc) is 2.40. The SMILES string of the molecule is N[C@@H]1CC(c2cccnc2)Oc2ccc(Br)cc21. The van der Waals surface area contributed by atoms with Crippen molar-refractivity contribution in [3.8, 4) is 5.75 Å². The second-order valence-corrected chi connectivity index (χ2v) is 5.33. The molecule has 3 nitrogen and oxygen atoms in total. The molecule has 1 aliphatic heterocycles. The first kappa shape index (κ1) is 11.7. The van der Waals surface area contributed by atoms with Gasteiger partial charge in [0.15, 0.2) is 0 Å². The number of hydrogen-bond donors (Lipinski definition) is 1. The van der Waals surface area contributed by atoms with Crippen LogP contribution >= 0.6 is 15.9 Å². The molecule has 0 saturated carbocycles. The van der Waals surface area contributed by atoms with E-state index in [0.717, 1.165) is 27.8 Å². The van der Waals surface area contributed by atoms with E-state index in [1.807, 2.05) is 36.5 Å². The van der Waals surface area contributed by atoms with Gasteiger partial charge in [-0.05, 0) is 24.3 Å². The van der Waals surface area contributed by atoms with Crippen LogP contribution in [0.3, 0.4) is 0 Å². The topological polar surface area (TPSA) is 48.1 Å². The van der Waals surface area contributed by atoms with Crippen molar-refractivity contribution in [2.75, 3.05) is 0 Å². The first-order valence-corrected chi connectivity index (χ1v) is 6.65. The van der Waals surface area contributed by atoms with Gasteiger partial charge in [-0.15, -0.1) is 0 Å². The maximum Gasteiger partial charge on any atom is 0.127 e. The fraction of sp³-hybridized carbons (Fsp3) is 0.214. The summed E-state index contributed by atoms with van der Waals surface area (Å²) < 4.78 is 7.03. The molecule has 2 N–H and O–H groups in total. The lowest BCUT2D eigenvalue weighted by molar-refractivity contribution is 0.161. The minimum absolute atomic E-state index is 0.00328. The molecule has 1 unspecified atom stereocenters. The minimum atomic E-state index is -0.0117. The molecule has 0 spiro atoms. The predicted molar refractivity (Wildman–Crippen MR) is 73.3 cm³/mol. The van der Waals surface area contributed by atoms with Gasteiger partial charge < -0.3 is 10.5 Å². The van der Waals surface area contributed by atoms with Gasteiger partial charge in [0.1, 0.15) is 11.9 Å². The Balaban J connectivity index is 1.95. The van der Waals surface area contributed by atoms with E-state index in [1.54, 1.807) is 6.20 Å². The molecule has 1 aromatic carbocycles.